The second-order valence-corrected chi connectivity index (χ2v) is 5.63. The van der Waals surface area contributed by atoms with Crippen LogP contribution in [0.5, 0.6) is 5.75 Å². The van der Waals surface area contributed by atoms with Crippen LogP contribution in [0.2, 0.25) is 0 Å². The lowest BCUT2D eigenvalue weighted by Gasteiger charge is -2.25. The second-order valence-electron chi connectivity index (χ2n) is 5.63. The van der Waals surface area contributed by atoms with Gasteiger partial charge in [-0.2, -0.15) is 0 Å². The van der Waals surface area contributed by atoms with Crippen molar-refractivity contribution in [2.75, 3.05) is 27.7 Å². The molecule has 1 aliphatic carbocycles. The highest BCUT2D eigenvalue weighted by Crippen LogP contribution is 2.26. The van der Waals surface area contributed by atoms with Gasteiger partial charge in [-0.15, -0.1) is 0 Å². The predicted octanol–water partition coefficient (Wildman–Crippen LogP) is 2.52. The molecule has 0 aromatic heterocycles. The molecule has 1 saturated carbocycles. The van der Waals surface area contributed by atoms with Gasteiger partial charge in [0.15, 0.2) is 0 Å². The molecule has 0 amide bonds. The molecule has 0 saturated heterocycles. The molecule has 0 radical (unpaired) electrons. The maximum Gasteiger partial charge on any atom is 0.119 e. The average molecular weight is 262 g/mol. The molecule has 2 rings (SSSR count). The molecule has 2 atom stereocenters. The highest BCUT2D eigenvalue weighted by molar-refractivity contribution is 5.28. The number of benzene rings is 1. The van der Waals surface area contributed by atoms with Gasteiger partial charge in [0.2, 0.25) is 0 Å². The van der Waals surface area contributed by atoms with Crippen LogP contribution in [0.1, 0.15) is 24.8 Å². The molecule has 2 unspecified atom stereocenters. The quantitative estimate of drug-likeness (QED) is 0.852. The molecule has 1 fully saturated rings. The summed E-state index contributed by atoms with van der Waals surface area (Å²) in [4.78, 5) is 2.43. The maximum atomic E-state index is 5.28. The Bertz CT molecular complexity index is 394. The first kappa shape index (κ1) is 14.4. The standard InChI is InChI=1S/C16H26N2O/c1-17-16-9-5-7-14(16)12-18(2)11-13-6-4-8-15(10-13)19-3/h4,6,8,10,14,16-17H,5,7,9,11-12H2,1-3H3. The molecule has 3 nitrogen and oxygen atoms in total. The smallest absolute Gasteiger partial charge is 0.119 e. The van der Waals surface area contributed by atoms with Crippen LogP contribution in [0.4, 0.5) is 0 Å². The summed E-state index contributed by atoms with van der Waals surface area (Å²) in [7, 11) is 6.02. The molecule has 0 heterocycles. The fraction of sp³-hybridized carbons (Fsp3) is 0.625. The van der Waals surface area contributed by atoms with Gasteiger partial charge in [-0.1, -0.05) is 18.6 Å². The molecule has 0 aliphatic heterocycles. The van der Waals surface area contributed by atoms with Gasteiger partial charge in [-0.25, -0.2) is 0 Å². The summed E-state index contributed by atoms with van der Waals surface area (Å²) in [5, 5.41) is 3.45. The molecular formula is C16H26N2O. The van der Waals surface area contributed by atoms with Crippen LogP contribution >= 0.6 is 0 Å². The summed E-state index contributed by atoms with van der Waals surface area (Å²) in [6, 6.07) is 9.06. The predicted molar refractivity (Wildman–Crippen MR) is 79.5 cm³/mol. The van der Waals surface area contributed by atoms with Crippen LogP contribution in [0.25, 0.3) is 0 Å². The number of rotatable bonds is 6. The van der Waals surface area contributed by atoms with E-state index in [9.17, 15) is 0 Å². The SMILES string of the molecule is CNC1CCCC1CN(C)Cc1cccc(OC)c1. The van der Waals surface area contributed by atoms with Crippen molar-refractivity contribution in [3.05, 3.63) is 29.8 Å². The normalized spacial score (nSPS) is 22.9. The van der Waals surface area contributed by atoms with Crippen molar-refractivity contribution in [2.45, 2.75) is 31.8 Å². The van der Waals surface area contributed by atoms with Crippen LogP contribution in [0.3, 0.4) is 0 Å². The third-order valence-corrected chi connectivity index (χ3v) is 4.16. The Hall–Kier alpha value is -1.06. The Morgan fingerprint density at radius 3 is 2.95 bits per heavy atom. The highest BCUT2D eigenvalue weighted by Gasteiger charge is 2.26. The lowest BCUT2D eigenvalue weighted by atomic mass is 10.0. The van der Waals surface area contributed by atoms with E-state index in [1.165, 1.54) is 31.4 Å². The minimum absolute atomic E-state index is 0.702. The Balaban J connectivity index is 1.88. The molecule has 19 heavy (non-hydrogen) atoms. The Labute approximate surface area is 116 Å². The fourth-order valence-corrected chi connectivity index (χ4v) is 3.18. The molecule has 3 heteroatoms. The van der Waals surface area contributed by atoms with Crippen LogP contribution in [-0.4, -0.2) is 38.7 Å². The molecule has 1 N–H and O–H groups in total. The minimum atomic E-state index is 0.702. The van der Waals surface area contributed by atoms with E-state index in [2.05, 4.69) is 42.5 Å². The Morgan fingerprint density at radius 1 is 1.37 bits per heavy atom. The summed E-state index contributed by atoms with van der Waals surface area (Å²) in [6.45, 7) is 2.16. The summed E-state index contributed by atoms with van der Waals surface area (Å²) >= 11 is 0. The zero-order chi connectivity index (χ0) is 13.7. The second kappa shape index (κ2) is 6.92. The Morgan fingerprint density at radius 2 is 2.21 bits per heavy atom. The van der Waals surface area contributed by atoms with Gasteiger partial charge in [0, 0.05) is 19.1 Å². The van der Waals surface area contributed by atoms with Crippen molar-refractivity contribution in [1.29, 1.82) is 0 Å². The van der Waals surface area contributed by atoms with E-state index in [4.69, 9.17) is 4.74 Å². The third-order valence-electron chi connectivity index (χ3n) is 4.16. The van der Waals surface area contributed by atoms with E-state index in [0.29, 0.717) is 6.04 Å². The number of methoxy groups -OCH3 is 1. The lowest BCUT2D eigenvalue weighted by Crippen LogP contribution is -2.36. The van der Waals surface area contributed by atoms with Crippen molar-refractivity contribution in [1.82, 2.24) is 10.2 Å². The number of nitrogens with zero attached hydrogens (tertiary/aromatic N) is 1. The van der Waals surface area contributed by atoms with Gasteiger partial charge in [-0.3, -0.25) is 0 Å². The maximum absolute atomic E-state index is 5.28. The first-order valence-corrected chi connectivity index (χ1v) is 7.21. The topological polar surface area (TPSA) is 24.5 Å². The van der Waals surface area contributed by atoms with Gasteiger partial charge in [0.05, 0.1) is 7.11 Å². The van der Waals surface area contributed by atoms with Crippen molar-refractivity contribution in [2.24, 2.45) is 5.92 Å². The zero-order valence-corrected chi connectivity index (χ0v) is 12.4. The van der Waals surface area contributed by atoms with Crippen molar-refractivity contribution in [3.63, 3.8) is 0 Å². The number of nitrogens with one attached hydrogen (secondary N) is 1. The molecule has 1 aromatic rings. The first-order chi connectivity index (χ1) is 9.22. The van der Waals surface area contributed by atoms with E-state index < -0.39 is 0 Å². The number of ether oxygens (including phenoxy) is 1. The van der Waals surface area contributed by atoms with Gasteiger partial charge in [-0.05, 0) is 50.6 Å². The van der Waals surface area contributed by atoms with Crippen molar-refractivity contribution < 1.29 is 4.74 Å². The van der Waals surface area contributed by atoms with Gasteiger partial charge < -0.3 is 15.0 Å². The largest absolute Gasteiger partial charge is 0.497 e. The fourth-order valence-electron chi connectivity index (χ4n) is 3.18. The summed E-state index contributed by atoms with van der Waals surface area (Å²) < 4.78 is 5.28. The van der Waals surface area contributed by atoms with E-state index in [1.54, 1.807) is 7.11 Å². The van der Waals surface area contributed by atoms with E-state index in [-0.39, 0.29) is 0 Å². The third kappa shape index (κ3) is 3.95. The first-order valence-electron chi connectivity index (χ1n) is 7.21. The van der Waals surface area contributed by atoms with E-state index in [0.717, 1.165) is 18.2 Å². The average Bonchev–Trinajstić information content (AvgIpc) is 2.86. The van der Waals surface area contributed by atoms with Crippen LogP contribution in [0.15, 0.2) is 24.3 Å². The summed E-state index contributed by atoms with van der Waals surface area (Å²) in [5.74, 6) is 1.74. The van der Waals surface area contributed by atoms with Crippen molar-refractivity contribution >= 4 is 0 Å². The molecule has 0 bridgehead atoms. The molecular weight excluding hydrogens is 236 g/mol. The summed E-state index contributed by atoms with van der Waals surface area (Å²) in [6.07, 6.45) is 4.05. The number of hydrogen-bond acceptors (Lipinski definition) is 3. The van der Waals surface area contributed by atoms with Gasteiger partial charge in [0.1, 0.15) is 5.75 Å². The molecule has 1 aromatic carbocycles. The highest BCUT2D eigenvalue weighted by atomic mass is 16.5. The molecule has 0 spiro atoms. The molecule has 106 valence electrons. The van der Waals surface area contributed by atoms with Crippen molar-refractivity contribution in [3.8, 4) is 5.75 Å². The summed E-state index contributed by atoms with van der Waals surface area (Å²) in [5.41, 5.74) is 1.32. The zero-order valence-electron chi connectivity index (χ0n) is 12.4. The van der Waals surface area contributed by atoms with E-state index in [1.807, 2.05) is 6.07 Å². The molecule has 1 aliphatic rings. The minimum Gasteiger partial charge on any atom is -0.497 e. The van der Waals surface area contributed by atoms with E-state index >= 15 is 0 Å². The lowest BCUT2D eigenvalue weighted by molar-refractivity contribution is 0.248. The number of hydrogen-bond donors (Lipinski definition) is 1. The van der Waals surface area contributed by atoms with Crippen LogP contribution in [-0.2, 0) is 6.54 Å². The van der Waals surface area contributed by atoms with Gasteiger partial charge >= 0.3 is 0 Å². The van der Waals surface area contributed by atoms with Crippen LogP contribution < -0.4 is 10.1 Å². The van der Waals surface area contributed by atoms with Gasteiger partial charge in [0.25, 0.3) is 0 Å². The van der Waals surface area contributed by atoms with Crippen LogP contribution in [0, 0.1) is 5.92 Å². The Kier molecular flexibility index (Phi) is 5.23. The monoisotopic (exact) mass is 262 g/mol.